The van der Waals surface area contributed by atoms with Crippen LogP contribution in [0.1, 0.15) is 5.56 Å². The second-order valence-corrected chi connectivity index (χ2v) is 7.52. The van der Waals surface area contributed by atoms with Crippen molar-refractivity contribution in [2.75, 3.05) is 45.8 Å². The van der Waals surface area contributed by atoms with E-state index in [-0.39, 0.29) is 24.0 Å². The number of hydrogen-bond donors (Lipinski definition) is 3. The van der Waals surface area contributed by atoms with Crippen molar-refractivity contribution in [3.63, 3.8) is 0 Å². The van der Waals surface area contributed by atoms with Crippen LogP contribution in [0.3, 0.4) is 0 Å². The number of hydrogen-bond acceptors (Lipinski definition) is 4. The first kappa shape index (κ1) is 16.4. The van der Waals surface area contributed by atoms with E-state index in [0.717, 1.165) is 39.3 Å². The van der Waals surface area contributed by atoms with Gasteiger partial charge in [0, 0.05) is 56.6 Å². The van der Waals surface area contributed by atoms with Crippen molar-refractivity contribution in [2.45, 2.75) is 11.5 Å². The first-order chi connectivity index (χ1) is 12.1. The minimum absolute atomic E-state index is 0.0494. The molecule has 1 aromatic rings. The van der Waals surface area contributed by atoms with Gasteiger partial charge in [-0.2, -0.15) is 0 Å². The van der Waals surface area contributed by atoms with Crippen LogP contribution in [-0.4, -0.2) is 73.6 Å². The second kappa shape index (κ2) is 6.31. The molecule has 4 aliphatic heterocycles. The van der Waals surface area contributed by atoms with Gasteiger partial charge in [-0.25, -0.2) is 4.79 Å². The van der Waals surface area contributed by atoms with Crippen LogP contribution in [0.25, 0.3) is 0 Å². The van der Waals surface area contributed by atoms with E-state index in [2.05, 4.69) is 44.7 Å². The number of primary amides is 1. The number of fused-ring (bicyclic) bond motifs is 1. The van der Waals surface area contributed by atoms with Crippen molar-refractivity contribution in [2.24, 2.45) is 11.7 Å². The van der Waals surface area contributed by atoms with Crippen LogP contribution < -0.4 is 16.4 Å². The molecule has 4 saturated heterocycles. The minimum atomic E-state index is -0.535. The van der Waals surface area contributed by atoms with E-state index < -0.39 is 5.91 Å². The Kier molecular flexibility index (Phi) is 4.13. The molecule has 0 radical (unpaired) electrons. The van der Waals surface area contributed by atoms with Crippen LogP contribution in [0, 0.1) is 5.92 Å². The Morgan fingerprint density at radius 1 is 1.12 bits per heavy atom. The van der Waals surface area contributed by atoms with Gasteiger partial charge in [0.25, 0.3) is 0 Å². The maximum absolute atomic E-state index is 12.3. The zero-order valence-corrected chi connectivity index (χ0v) is 14.3. The molecule has 2 unspecified atom stereocenters. The fourth-order valence-electron chi connectivity index (χ4n) is 4.93. The highest BCUT2D eigenvalue weighted by molar-refractivity contribution is 5.83. The molecule has 4 N–H and O–H groups in total. The highest BCUT2D eigenvalue weighted by atomic mass is 16.2. The second-order valence-electron chi connectivity index (χ2n) is 7.52. The maximum Gasteiger partial charge on any atom is 0.315 e. The molecular weight excluding hydrogens is 318 g/mol. The van der Waals surface area contributed by atoms with Crippen molar-refractivity contribution < 1.29 is 9.59 Å². The van der Waals surface area contributed by atoms with Crippen LogP contribution in [-0.2, 0) is 10.2 Å². The zero-order chi connectivity index (χ0) is 17.4. The molecule has 4 fully saturated rings. The lowest BCUT2D eigenvalue weighted by molar-refractivity contribution is -0.117. The van der Waals surface area contributed by atoms with Crippen LogP contribution >= 0.6 is 0 Å². The molecule has 4 heterocycles. The van der Waals surface area contributed by atoms with Crippen molar-refractivity contribution >= 4 is 11.9 Å². The van der Waals surface area contributed by atoms with Gasteiger partial charge >= 0.3 is 6.03 Å². The van der Waals surface area contributed by atoms with Gasteiger partial charge < -0.3 is 26.2 Å². The number of carbonyl (C=O) groups excluding carboxylic acids is 2. The number of benzene rings is 1. The highest BCUT2D eigenvalue weighted by Gasteiger charge is 2.55. The van der Waals surface area contributed by atoms with E-state index in [1.165, 1.54) is 5.56 Å². The summed E-state index contributed by atoms with van der Waals surface area (Å²) >= 11 is 0. The standard InChI is InChI=1S/C18H25N5O2/c19-15(24)8-20-17(25)21-16-13-9-22-6-7-23(10-13)12-18(16,11-22)14-4-2-1-3-5-14/h1-5,13,16H,6-12H2,(H2,19,24)(H2,20,21,25)/t13?,16-,18?/m0/s1. The first-order valence-corrected chi connectivity index (χ1v) is 8.90. The molecule has 3 atom stereocenters. The number of nitrogens with one attached hydrogen (secondary N) is 2. The van der Waals surface area contributed by atoms with Crippen LogP contribution in [0.2, 0.25) is 0 Å². The monoisotopic (exact) mass is 343 g/mol. The third-order valence-electron chi connectivity index (χ3n) is 5.85. The predicted molar refractivity (Wildman–Crippen MR) is 94.0 cm³/mol. The van der Waals surface area contributed by atoms with Gasteiger partial charge in [-0.3, -0.25) is 4.79 Å². The summed E-state index contributed by atoms with van der Waals surface area (Å²) in [4.78, 5) is 28.3. The van der Waals surface area contributed by atoms with E-state index in [1.807, 2.05) is 6.07 Å². The highest BCUT2D eigenvalue weighted by Crippen LogP contribution is 2.43. The summed E-state index contributed by atoms with van der Waals surface area (Å²) in [6.07, 6.45) is 0. The molecule has 1 aromatic carbocycles. The summed E-state index contributed by atoms with van der Waals surface area (Å²) < 4.78 is 0. The summed E-state index contributed by atoms with van der Waals surface area (Å²) in [5.74, 6) is -0.156. The SMILES string of the molecule is NC(=O)CNC(=O)N[C@H]1C2CN3CCN(C2)CC1(c1ccccc1)C3. The Bertz CT molecular complexity index is 649. The van der Waals surface area contributed by atoms with Crippen LogP contribution in [0.5, 0.6) is 0 Å². The molecule has 3 amide bonds. The lowest BCUT2D eigenvalue weighted by Gasteiger charge is -2.55. The number of rotatable bonds is 4. The quantitative estimate of drug-likeness (QED) is 0.677. The van der Waals surface area contributed by atoms with Crippen molar-refractivity contribution in [3.8, 4) is 0 Å². The molecule has 134 valence electrons. The molecule has 0 aromatic heterocycles. The normalized spacial score (nSPS) is 35.8. The fraction of sp³-hybridized carbons (Fsp3) is 0.556. The summed E-state index contributed by atoms with van der Waals surface area (Å²) in [5, 5.41) is 5.75. The molecule has 0 saturated carbocycles. The Morgan fingerprint density at radius 2 is 1.76 bits per heavy atom. The number of amides is 3. The predicted octanol–water partition coefficient (Wildman–Crippen LogP) is -0.661. The van der Waals surface area contributed by atoms with Gasteiger partial charge in [0.1, 0.15) is 0 Å². The topological polar surface area (TPSA) is 90.7 Å². The van der Waals surface area contributed by atoms with Gasteiger partial charge in [-0.15, -0.1) is 0 Å². The average molecular weight is 343 g/mol. The Morgan fingerprint density at radius 3 is 2.36 bits per heavy atom. The van der Waals surface area contributed by atoms with Crippen molar-refractivity contribution in [1.29, 1.82) is 0 Å². The van der Waals surface area contributed by atoms with Gasteiger partial charge in [0.05, 0.1) is 6.54 Å². The molecule has 25 heavy (non-hydrogen) atoms. The summed E-state index contributed by atoms with van der Waals surface area (Å²) in [7, 11) is 0. The number of carbonyl (C=O) groups is 2. The van der Waals surface area contributed by atoms with Crippen molar-refractivity contribution in [3.05, 3.63) is 35.9 Å². The Labute approximate surface area is 147 Å². The molecular formula is C18H25N5O2. The van der Waals surface area contributed by atoms with Gasteiger partial charge in [-0.1, -0.05) is 30.3 Å². The Balaban J connectivity index is 1.64. The number of nitrogens with two attached hydrogens (primary N) is 1. The Hall–Kier alpha value is -2.12. The zero-order valence-electron chi connectivity index (χ0n) is 14.3. The van der Waals surface area contributed by atoms with Crippen LogP contribution in [0.15, 0.2) is 30.3 Å². The minimum Gasteiger partial charge on any atom is -0.368 e. The van der Waals surface area contributed by atoms with E-state index in [0.29, 0.717) is 5.92 Å². The maximum atomic E-state index is 12.3. The van der Waals surface area contributed by atoms with Crippen molar-refractivity contribution in [1.82, 2.24) is 20.4 Å². The van der Waals surface area contributed by atoms with Crippen LogP contribution in [0.4, 0.5) is 4.79 Å². The molecule has 4 bridgehead atoms. The van der Waals surface area contributed by atoms with Gasteiger partial charge in [0.15, 0.2) is 0 Å². The third-order valence-corrected chi connectivity index (χ3v) is 5.85. The van der Waals surface area contributed by atoms with E-state index in [1.54, 1.807) is 0 Å². The molecule has 5 rings (SSSR count). The molecule has 7 heteroatoms. The van der Waals surface area contributed by atoms with Gasteiger partial charge in [0.2, 0.25) is 5.91 Å². The third kappa shape index (κ3) is 2.98. The van der Waals surface area contributed by atoms with E-state index in [4.69, 9.17) is 5.73 Å². The molecule has 7 nitrogen and oxygen atoms in total. The largest absolute Gasteiger partial charge is 0.368 e. The smallest absolute Gasteiger partial charge is 0.315 e. The molecule has 0 spiro atoms. The lowest BCUT2D eigenvalue weighted by Crippen LogP contribution is -2.71. The number of urea groups is 1. The average Bonchev–Trinajstić information content (AvgIpc) is 2.85. The fourth-order valence-corrected chi connectivity index (χ4v) is 4.93. The van der Waals surface area contributed by atoms with E-state index in [9.17, 15) is 9.59 Å². The first-order valence-electron chi connectivity index (χ1n) is 8.90. The lowest BCUT2D eigenvalue weighted by atomic mass is 9.64. The van der Waals surface area contributed by atoms with Gasteiger partial charge in [-0.05, 0) is 5.56 Å². The number of nitrogens with zero attached hydrogens (tertiary/aromatic N) is 2. The molecule has 0 aliphatic carbocycles. The van der Waals surface area contributed by atoms with E-state index >= 15 is 0 Å². The summed E-state index contributed by atoms with van der Waals surface area (Å²) in [5.41, 5.74) is 6.29. The summed E-state index contributed by atoms with van der Waals surface area (Å²) in [6, 6.07) is 10.2. The number of piperidine rings is 2. The molecule has 4 aliphatic rings. The summed E-state index contributed by atoms with van der Waals surface area (Å²) in [6.45, 7) is 5.95.